The molecule has 8 heteroatoms. The van der Waals surface area contributed by atoms with Crippen LogP contribution < -0.4 is 9.47 Å². The standard InChI is InChI=1S/C25H18O3.C2HF3O2/c26-25(19-9-7-15-23(17-19)27-21-11-3-1-4-12-21)20-10-8-16-24(18-20)28-22-13-5-2-6-14-22;3-2(4,5)1(6)7/h1-18H;(H,6,7). The number of hydrogen-bond donors (Lipinski definition) is 1. The Labute approximate surface area is 199 Å². The third-order valence-electron chi connectivity index (χ3n) is 4.39. The summed E-state index contributed by atoms with van der Waals surface area (Å²) in [5.41, 5.74) is 1.12. The molecule has 0 aliphatic rings. The molecule has 0 aliphatic heterocycles. The van der Waals surface area contributed by atoms with Crippen LogP contribution >= 0.6 is 0 Å². The van der Waals surface area contributed by atoms with Crippen LogP contribution in [0, 0.1) is 0 Å². The van der Waals surface area contributed by atoms with Crippen molar-refractivity contribution < 1.29 is 37.3 Å². The van der Waals surface area contributed by atoms with E-state index in [4.69, 9.17) is 19.4 Å². The number of carboxylic acids is 1. The van der Waals surface area contributed by atoms with Gasteiger partial charge in [-0.05, 0) is 48.5 Å². The molecule has 35 heavy (non-hydrogen) atoms. The van der Waals surface area contributed by atoms with Gasteiger partial charge in [-0.25, -0.2) is 4.79 Å². The number of carbonyl (C=O) groups excluding carboxylic acids is 1. The van der Waals surface area contributed by atoms with Gasteiger partial charge in [0.1, 0.15) is 23.0 Å². The van der Waals surface area contributed by atoms with Crippen LogP contribution in [-0.4, -0.2) is 23.0 Å². The van der Waals surface area contributed by atoms with Crippen molar-refractivity contribution in [2.24, 2.45) is 0 Å². The lowest BCUT2D eigenvalue weighted by Gasteiger charge is -2.09. The zero-order valence-corrected chi connectivity index (χ0v) is 18.1. The molecule has 0 saturated heterocycles. The molecule has 5 nitrogen and oxygen atoms in total. The molecule has 0 aromatic heterocycles. The normalized spacial score (nSPS) is 10.5. The van der Waals surface area contributed by atoms with Crippen molar-refractivity contribution >= 4 is 11.8 Å². The molecule has 178 valence electrons. The van der Waals surface area contributed by atoms with E-state index in [9.17, 15) is 18.0 Å². The Hall–Kier alpha value is -4.59. The molecule has 1 N–H and O–H groups in total. The maximum atomic E-state index is 12.9. The summed E-state index contributed by atoms with van der Waals surface area (Å²) in [7, 11) is 0. The van der Waals surface area contributed by atoms with Gasteiger partial charge in [-0.15, -0.1) is 0 Å². The molecule has 0 amide bonds. The lowest BCUT2D eigenvalue weighted by atomic mass is 10.0. The third-order valence-corrected chi connectivity index (χ3v) is 4.39. The van der Waals surface area contributed by atoms with E-state index >= 15 is 0 Å². The van der Waals surface area contributed by atoms with Crippen LogP contribution in [0.15, 0.2) is 109 Å². The van der Waals surface area contributed by atoms with Gasteiger partial charge >= 0.3 is 12.1 Å². The van der Waals surface area contributed by atoms with Gasteiger partial charge in [0.05, 0.1) is 0 Å². The highest BCUT2D eigenvalue weighted by Crippen LogP contribution is 2.25. The highest BCUT2D eigenvalue weighted by Gasteiger charge is 2.38. The Kier molecular flexibility index (Phi) is 8.24. The molecule has 0 heterocycles. The van der Waals surface area contributed by atoms with Crippen molar-refractivity contribution in [2.75, 3.05) is 0 Å². The van der Waals surface area contributed by atoms with E-state index in [-0.39, 0.29) is 5.78 Å². The zero-order valence-electron chi connectivity index (χ0n) is 18.1. The summed E-state index contributed by atoms with van der Waals surface area (Å²) in [4.78, 5) is 21.8. The van der Waals surface area contributed by atoms with E-state index in [1.54, 1.807) is 24.3 Å². The third kappa shape index (κ3) is 7.75. The lowest BCUT2D eigenvalue weighted by Crippen LogP contribution is -2.21. The van der Waals surface area contributed by atoms with E-state index in [1.807, 2.05) is 84.9 Å². The molecule has 0 aliphatic carbocycles. The fourth-order valence-electron chi connectivity index (χ4n) is 2.82. The Morgan fingerprint density at radius 3 is 1.26 bits per heavy atom. The molecule has 0 bridgehead atoms. The SMILES string of the molecule is O=C(O)C(F)(F)F.O=C(c1cccc(Oc2ccccc2)c1)c1cccc(Oc2ccccc2)c1. The number of rotatable bonds is 6. The van der Waals surface area contributed by atoms with Crippen LogP contribution in [0.4, 0.5) is 13.2 Å². The summed E-state index contributed by atoms with van der Waals surface area (Å²) in [6, 6.07) is 33.3. The zero-order chi connectivity index (χ0) is 25.3. The maximum Gasteiger partial charge on any atom is 0.490 e. The Bertz CT molecular complexity index is 1190. The predicted molar refractivity (Wildman–Crippen MR) is 123 cm³/mol. The molecule has 4 rings (SSSR count). The number of halogens is 3. The molecule has 4 aromatic carbocycles. The summed E-state index contributed by atoms with van der Waals surface area (Å²) in [5.74, 6) is -0.150. The average Bonchev–Trinajstić information content (AvgIpc) is 2.85. The first-order valence-electron chi connectivity index (χ1n) is 10.2. The van der Waals surface area contributed by atoms with Crippen LogP contribution in [0.25, 0.3) is 0 Å². The molecule has 0 unspecified atom stereocenters. The van der Waals surface area contributed by atoms with Gasteiger partial charge in [0.15, 0.2) is 5.78 Å². The number of aliphatic carboxylic acids is 1. The Morgan fingerprint density at radius 2 is 0.914 bits per heavy atom. The van der Waals surface area contributed by atoms with Gasteiger partial charge in [0.25, 0.3) is 0 Å². The largest absolute Gasteiger partial charge is 0.490 e. The van der Waals surface area contributed by atoms with Gasteiger partial charge < -0.3 is 14.6 Å². The molecular weight excluding hydrogens is 461 g/mol. The highest BCUT2D eigenvalue weighted by atomic mass is 19.4. The number of carbonyl (C=O) groups is 2. The number of ether oxygens (including phenoxy) is 2. The Morgan fingerprint density at radius 1 is 0.571 bits per heavy atom. The van der Waals surface area contributed by atoms with Gasteiger partial charge in [0, 0.05) is 11.1 Å². The van der Waals surface area contributed by atoms with E-state index < -0.39 is 12.1 Å². The number of carboxylic acid groups (broad SMARTS) is 1. The molecule has 0 radical (unpaired) electrons. The number of ketones is 1. The van der Waals surface area contributed by atoms with E-state index in [1.165, 1.54) is 0 Å². The van der Waals surface area contributed by atoms with Crippen molar-refractivity contribution in [3.8, 4) is 23.0 Å². The minimum Gasteiger partial charge on any atom is -0.475 e. The second kappa shape index (κ2) is 11.5. The second-order valence-electron chi connectivity index (χ2n) is 7.02. The highest BCUT2D eigenvalue weighted by molar-refractivity contribution is 6.09. The fraction of sp³-hybridized carbons (Fsp3) is 0.0370. The summed E-state index contributed by atoms with van der Waals surface area (Å²) in [6.45, 7) is 0. The van der Waals surface area contributed by atoms with Crippen LogP contribution in [-0.2, 0) is 4.79 Å². The number of hydrogen-bond acceptors (Lipinski definition) is 4. The molecule has 0 spiro atoms. The Balaban J connectivity index is 0.000000429. The van der Waals surface area contributed by atoms with Gasteiger partial charge in [-0.3, -0.25) is 4.79 Å². The first-order chi connectivity index (χ1) is 16.7. The molecular formula is C27H19F3O5. The van der Waals surface area contributed by atoms with Crippen LogP contribution in [0.2, 0.25) is 0 Å². The van der Waals surface area contributed by atoms with Crippen molar-refractivity contribution in [1.82, 2.24) is 0 Å². The van der Waals surface area contributed by atoms with Crippen LogP contribution in [0.3, 0.4) is 0 Å². The number of benzene rings is 4. The van der Waals surface area contributed by atoms with E-state index in [2.05, 4.69) is 0 Å². The minimum atomic E-state index is -5.08. The first-order valence-corrected chi connectivity index (χ1v) is 10.2. The number of alkyl halides is 3. The monoisotopic (exact) mass is 480 g/mol. The fourth-order valence-corrected chi connectivity index (χ4v) is 2.82. The molecule has 4 aromatic rings. The van der Waals surface area contributed by atoms with E-state index in [0.717, 1.165) is 11.5 Å². The van der Waals surface area contributed by atoms with Gasteiger partial charge in [0.2, 0.25) is 0 Å². The minimum absolute atomic E-state index is 0.0861. The summed E-state index contributed by atoms with van der Waals surface area (Å²) < 4.78 is 43.4. The predicted octanol–water partition coefficient (Wildman–Crippen LogP) is 7.14. The maximum absolute atomic E-state index is 12.9. The second-order valence-corrected chi connectivity index (χ2v) is 7.02. The van der Waals surface area contributed by atoms with Crippen molar-refractivity contribution in [3.05, 3.63) is 120 Å². The average molecular weight is 480 g/mol. The lowest BCUT2D eigenvalue weighted by molar-refractivity contribution is -0.192. The summed E-state index contributed by atoms with van der Waals surface area (Å²) in [5, 5.41) is 7.12. The van der Waals surface area contributed by atoms with Crippen LogP contribution in [0.1, 0.15) is 15.9 Å². The van der Waals surface area contributed by atoms with Gasteiger partial charge in [-0.1, -0.05) is 60.7 Å². The van der Waals surface area contributed by atoms with Crippen molar-refractivity contribution in [2.45, 2.75) is 6.18 Å². The van der Waals surface area contributed by atoms with Crippen molar-refractivity contribution in [3.63, 3.8) is 0 Å². The topological polar surface area (TPSA) is 72.8 Å². The molecule has 0 atom stereocenters. The smallest absolute Gasteiger partial charge is 0.475 e. The van der Waals surface area contributed by atoms with Crippen LogP contribution in [0.5, 0.6) is 23.0 Å². The number of para-hydroxylation sites is 2. The first kappa shape index (κ1) is 25.0. The van der Waals surface area contributed by atoms with E-state index in [0.29, 0.717) is 22.6 Å². The quantitative estimate of drug-likeness (QED) is 0.297. The molecule has 0 fully saturated rings. The van der Waals surface area contributed by atoms with Crippen molar-refractivity contribution in [1.29, 1.82) is 0 Å². The summed E-state index contributed by atoms with van der Waals surface area (Å²) in [6.07, 6.45) is -5.08. The van der Waals surface area contributed by atoms with Gasteiger partial charge in [-0.2, -0.15) is 13.2 Å². The molecule has 0 saturated carbocycles. The summed E-state index contributed by atoms with van der Waals surface area (Å²) >= 11 is 0.